The van der Waals surface area contributed by atoms with Crippen LogP contribution in [0.15, 0.2) is 21.5 Å². The maximum atomic E-state index is 5.25. The standard InChI is InChI=1S/C12H17N5OS2/c1-5-6-13-10-15-16-11(20-10)19-7-8-14-9(18-17-8)12(2,3)4/h5H,1,6-7H2,2-4H3,(H,13,15). The van der Waals surface area contributed by atoms with Crippen LogP contribution < -0.4 is 5.32 Å². The molecule has 2 rings (SSSR count). The number of rotatable bonds is 6. The van der Waals surface area contributed by atoms with E-state index < -0.39 is 0 Å². The average molecular weight is 311 g/mol. The van der Waals surface area contributed by atoms with Crippen molar-refractivity contribution in [1.82, 2.24) is 20.3 Å². The van der Waals surface area contributed by atoms with E-state index in [-0.39, 0.29) is 5.41 Å². The molecule has 8 heteroatoms. The number of hydrogen-bond acceptors (Lipinski definition) is 8. The zero-order valence-electron chi connectivity index (χ0n) is 11.7. The third-order valence-corrected chi connectivity index (χ3v) is 4.25. The van der Waals surface area contributed by atoms with Gasteiger partial charge >= 0.3 is 0 Å². The second-order valence-electron chi connectivity index (χ2n) is 5.10. The summed E-state index contributed by atoms with van der Waals surface area (Å²) in [6, 6.07) is 0. The Labute approximate surface area is 126 Å². The van der Waals surface area contributed by atoms with Crippen LogP contribution >= 0.6 is 23.1 Å². The quantitative estimate of drug-likeness (QED) is 0.648. The summed E-state index contributed by atoms with van der Waals surface area (Å²) in [4.78, 5) is 4.38. The number of hydrogen-bond donors (Lipinski definition) is 1. The lowest BCUT2D eigenvalue weighted by Crippen LogP contribution is -2.11. The first-order chi connectivity index (χ1) is 9.49. The molecule has 2 aromatic heterocycles. The summed E-state index contributed by atoms with van der Waals surface area (Å²) in [5.74, 6) is 1.95. The maximum absolute atomic E-state index is 5.25. The first-order valence-corrected chi connectivity index (χ1v) is 7.93. The number of aromatic nitrogens is 4. The van der Waals surface area contributed by atoms with Crippen molar-refractivity contribution >= 4 is 28.2 Å². The van der Waals surface area contributed by atoms with Crippen molar-refractivity contribution in [2.75, 3.05) is 11.9 Å². The molecule has 0 aliphatic heterocycles. The summed E-state index contributed by atoms with van der Waals surface area (Å²) in [5.41, 5.74) is -0.125. The molecule has 0 saturated heterocycles. The average Bonchev–Trinajstić information content (AvgIpc) is 3.02. The predicted molar refractivity (Wildman–Crippen MR) is 81.2 cm³/mol. The summed E-state index contributed by atoms with van der Waals surface area (Å²) >= 11 is 3.05. The fourth-order valence-corrected chi connectivity index (χ4v) is 2.84. The summed E-state index contributed by atoms with van der Waals surface area (Å²) < 4.78 is 6.12. The highest BCUT2D eigenvalue weighted by atomic mass is 32.2. The second kappa shape index (κ2) is 6.36. The van der Waals surface area contributed by atoms with E-state index in [1.807, 2.05) is 20.8 Å². The van der Waals surface area contributed by atoms with Gasteiger partial charge in [0.25, 0.3) is 0 Å². The lowest BCUT2D eigenvalue weighted by molar-refractivity contribution is 0.319. The van der Waals surface area contributed by atoms with Crippen molar-refractivity contribution in [3.8, 4) is 0 Å². The molecule has 0 aliphatic carbocycles. The van der Waals surface area contributed by atoms with Crippen molar-refractivity contribution < 1.29 is 4.52 Å². The normalized spacial score (nSPS) is 11.6. The first kappa shape index (κ1) is 15.0. The Balaban J connectivity index is 1.90. The molecule has 0 bridgehead atoms. The Morgan fingerprint density at radius 2 is 2.20 bits per heavy atom. The maximum Gasteiger partial charge on any atom is 0.232 e. The largest absolute Gasteiger partial charge is 0.357 e. The molecule has 2 aromatic rings. The van der Waals surface area contributed by atoms with Crippen LogP contribution in [0.25, 0.3) is 0 Å². The van der Waals surface area contributed by atoms with Gasteiger partial charge < -0.3 is 9.84 Å². The van der Waals surface area contributed by atoms with Gasteiger partial charge in [-0.05, 0) is 0 Å². The topological polar surface area (TPSA) is 76.7 Å². The lowest BCUT2D eigenvalue weighted by Gasteiger charge is -2.10. The van der Waals surface area contributed by atoms with E-state index in [4.69, 9.17) is 4.52 Å². The van der Waals surface area contributed by atoms with Crippen molar-refractivity contribution in [1.29, 1.82) is 0 Å². The van der Waals surface area contributed by atoms with Gasteiger partial charge in [-0.2, -0.15) is 4.98 Å². The molecule has 0 fully saturated rings. The molecule has 20 heavy (non-hydrogen) atoms. The highest BCUT2D eigenvalue weighted by molar-refractivity contribution is 8.00. The highest BCUT2D eigenvalue weighted by Crippen LogP contribution is 2.28. The molecule has 0 aromatic carbocycles. The third kappa shape index (κ3) is 4.04. The summed E-state index contributed by atoms with van der Waals surface area (Å²) in [5, 5.41) is 16.0. The van der Waals surface area contributed by atoms with E-state index in [2.05, 4.69) is 32.2 Å². The molecular weight excluding hydrogens is 294 g/mol. The van der Waals surface area contributed by atoms with Crippen LogP contribution in [0.2, 0.25) is 0 Å². The van der Waals surface area contributed by atoms with E-state index in [9.17, 15) is 0 Å². The summed E-state index contributed by atoms with van der Waals surface area (Å²) in [7, 11) is 0. The Hall–Kier alpha value is -1.41. The number of anilines is 1. The SMILES string of the molecule is C=CCNc1nnc(SCc2noc(C(C)(C)C)n2)s1. The molecule has 0 radical (unpaired) electrons. The first-order valence-electron chi connectivity index (χ1n) is 6.13. The summed E-state index contributed by atoms with van der Waals surface area (Å²) in [6.07, 6.45) is 1.78. The lowest BCUT2D eigenvalue weighted by atomic mass is 9.97. The molecule has 108 valence electrons. The zero-order valence-corrected chi connectivity index (χ0v) is 13.3. The van der Waals surface area contributed by atoms with Gasteiger partial charge in [0.15, 0.2) is 10.2 Å². The third-order valence-electron chi connectivity index (χ3n) is 2.24. The van der Waals surface area contributed by atoms with E-state index in [1.165, 1.54) is 11.3 Å². The number of thioether (sulfide) groups is 1. The van der Waals surface area contributed by atoms with Crippen LogP contribution in [0.3, 0.4) is 0 Å². The van der Waals surface area contributed by atoms with Crippen molar-refractivity contribution in [3.05, 3.63) is 24.4 Å². The van der Waals surface area contributed by atoms with Crippen LogP contribution in [-0.2, 0) is 11.2 Å². The van der Waals surface area contributed by atoms with Crippen molar-refractivity contribution in [2.24, 2.45) is 0 Å². The monoisotopic (exact) mass is 311 g/mol. The van der Waals surface area contributed by atoms with Gasteiger partial charge in [-0.15, -0.1) is 16.8 Å². The van der Waals surface area contributed by atoms with E-state index in [0.29, 0.717) is 24.0 Å². The van der Waals surface area contributed by atoms with Gasteiger partial charge in [-0.1, -0.05) is 55.1 Å². The fraction of sp³-hybridized carbons (Fsp3) is 0.500. The molecule has 0 unspecified atom stereocenters. The zero-order chi connectivity index (χ0) is 14.6. The fourth-order valence-electron chi connectivity index (χ4n) is 1.24. The smallest absolute Gasteiger partial charge is 0.232 e. The Bertz CT molecular complexity index is 572. The molecule has 0 amide bonds. The molecule has 2 heterocycles. The van der Waals surface area contributed by atoms with E-state index >= 15 is 0 Å². The van der Waals surface area contributed by atoms with Crippen molar-refractivity contribution in [2.45, 2.75) is 36.3 Å². The van der Waals surface area contributed by atoms with Crippen LogP contribution in [0, 0.1) is 0 Å². The second-order valence-corrected chi connectivity index (χ2v) is 7.30. The highest BCUT2D eigenvalue weighted by Gasteiger charge is 2.21. The van der Waals surface area contributed by atoms with Gasteiger partial charge in [0.2, 0.25) is 11.0 Å². The van der Waals surface area contributed by atoms with Gasteiger partial charge in [-0.3, -0.25) is 0 Å². The molecular formula is C12H17N5OS2. The molecule has 0 spiro atoms. The van der Waals surface area contributed by atoms with Gasteiger partial charge in [0, 0.05) is 12.0 Å². The Morgan fingerprint density at radius 3 is 2.85 bits per heavy atom. The van der Waals surface area contributed by atoms with Crippen LogP contribution in [-0.4, -0.2) is 26.9 Å². The van der Waals surface area contributed by atoms with E-state index in [0.717, 1.165) is 9.47 Å². The number of nitrogens with zero attached hydrogens (tertiary/aromatic N) is 4. The van der Waals surface area contributed by atoms with Gasteiger partial charge in [0.05, 0.1) is 5.75 Å². The van der Waals surface area contributed by atoms with Gasteiger partial charge in [-0.25, -0.2) is 0 Å². The van der Waals surface area contributed by atoms with Crippen molar-refractivity contribution in [3.63, 3.8) is 0 Å². The minimum absolute atomic E-state index is 0.125. The summed E-state index contributed by atoms with van der Waals surface area (Å²) in [6.45, 7) is 10.4. The molecule has 0 aliphatic rings. The molecule has 6 nitrogen and oxygen atoms in total. The van der Waals surface area contributed by atoms with Crippen LogP contribution in [0.1, 0.15) is 32.5 Å². The number of nitrogens with one attached hydrogen (secondary N) is 1. The molecule has 0 atom stereocenters. The predicted octanol–water partition coefficient (Wildman–Crippen LogP) is 3.11. The Kier molecular flexibility index (Phi) is 4.77. The molecule has 0 saturated carbocycles. The van der Waals surface area contributed by atoms with E-state index in [1.54, 1.807) is 17.8 Å². The minimum atomic E-state index is -0.125. The van der Waals surface area contributed by atoms with Crippen LogP contribution in [0.5, 0.6) is 0 Å². The minimum Gasteiger partial charge on any atom is -0.357 e. The van der Waals surface area contributed by atoms with Crippen LogP contribution in [0.4, 0.5) is 5.13 Å². The Morgan fingerprint density at radius 1 is 1.40 bits per heavy atom. The molecule has 1 N–H and O–H groups in total. The van der Waals surface area contributed by atoms with Gasteiger partial charge in [0.1, 0.15) is 0 Å².